The molecule has 98 valence electrons. The van der Waals surface area contributed by atoms with Crippen molar-refractivity contribution < 1.29 is 4.74 Å². The highest BCUT2D eigenvalue weighted by Crippen LogP contribution is 2.19. The molecule has 1 unspecified atom stereocenters. The third-order valence-corrected chi connectivity index (χ3v) is 2.87. The summed E-state index contributed by atoms with van der Waals surface area (Å²) in [6.07, 6.45) is 5.05. The molecular formula is C18H13ClO. The van der Waals surface area contributed by atoms with Gasteiger partial charge in [-0.25, -0.2) is 0 Å². The minimum atomic E-state index is -0.432. The summed E-state index contributed by atoms with van der Waals surface area (Å²) in [4.78, 5) is 0. The van der Waals surface area contributed by atoms with E-state index >= 15 is 0 Å². The van der Waals surface area contributed by atoms with E-state index in [9.17, 15) is 0 Å². The van der Waals surface area contributed by atoms with Gasteiger partial charge in [0, 0.05) is 10.6 Å². The van der Waals surface area contributed by atoms with E-state index in [0.29, 0.717) is 5.02 Å². The lowest BCUT2D eigenvalue weighted by Gasteiger charge is -2.10. The molecule has 20 heavy (non-hydrogen) atoms. The first-order valence-electron chi connectivity index (χ1n) is 6.16. The Bertz CT molecular complexity index is 659. The second kappa shape index (κ2) is 7.41. The fraction of sp³-hybridized carbons (Fsp3) is 0.111. The second-order valence-electron chi connectivity index (χ2n) is 4.08. The highest BCUT2D eigenvalue weighted by Gasteiger charge is 2.07. The van der Waals surface area contributed by atoms with Crippen molar-refractivity contribution in [3.8, 4) is 24.2 Å². The summed E-state index contributed by atoms with van der Waals surface area (Å²) in [6.45, 7) is 0.274. The van der Waals surface area contributed by atoms with Crippen molar-refractivity contribution in [1.82, 2.24) is 0 Å². The summed E-state index contributed by atoms with van der Waals surface area (Å²) in [5.74, 6) is 8.56. The normalized spacial score (nSPS) is 11.0. The van der Waals surface area contributed by atoms with E-state index in [2.05, 4.69) is 17.8 Å². The van der Waals surface area contributed by atoms with Crippen LogP contribution in [-0.2, 0) is 4.74 Å². The lowest BCUT2D eigenvalue weighted by atomic mass is 10.1. The van der Waals surface area contributed by atoms with Gasteiger partial charge in [0.2, 0.25) is 0 Å². The van der Waals surface area contributed by atoms with E-state index < -0.39 is 6.10 Å². The molecule has 1 atom stereocenters. The fourth-order valence-electron chi connectivity index (χ4n) is 1.69. The molecule has 2 aromatic carbocycles. The van der Waals surface area contributed by atoms with Crippen LogP contribution in [0.4, 0.5) is 0 Å². The number of terminal acetylenes is 1. The van der Waals surface area contributed by atoms with Crippen LogP contribution in [0.25, 0.3) is 0 Å². The van der Waals surface area contributed by atoms with Crippen molar-refractivity contribution >= 4 is 11.6 Å². The van der Waals surface area contributed by atoms with Gasteiger partial charge in [0.1, 0.15) is 12.7 Å². The predicted molar refractivity (Wildman–Crippen MR) is 82.3 cm³/mol. The van der Waals surface area contributed by atoms with Gasteiger partial charge in [0.15, 0.2) is 0 Å². The van der Waals surface area contributed by atoms with Gasteiger partial charge in [-0.1, -0.05) is 59.7 Å². The van der Waals surface area contributed by atoms with Crippen molar-refractivity contribution in [2.45, 2.75) is 6.10 Å². The summed E-state index contributed by atoms with van der Waals surface area (Å²) in [5, 5.41) is 0.640. The molecule has 1 nitrogen and oxygen atoms in total. The lowest BCUT2D eigenvalue weighted by Crippen LogP contribution is -2.02. The largest absolute Gasteiger partial charge is 0.348 e. The first-order chi connectivity index (χ1) is 9.79. The van der Waals surface area contributed by atoms with Crippen molar-refractivity contribution in [1.29, 1.82) is 0 Å². The maximum absolute atomic E-state index is 5.94. The van der Waals surface area contributed by atoms with E-state index in [1.807, 2.05) is 42.5 Å². The van der Waals surface area contributed by atoms with Crippen LogP contribution in [0.15, 0.2) is 54.6 Å². The van der Waals surface area contributed by atoms with E-state index in [0.717, 1.165) is 11.1 Å². The molecule has 2 heteroatoms. The van der Waals surface area contributed by atoms with Gasteiger partial charge in [0.05, 0.1) is 0 Å². The number of hydrogen-bond acceptors (Lipinski definition) is 1. The molecular weight excluding hydrogens is 268 g/mol. The van der Waals surface area contributed by atoms with Gasteiger partial charge in [-0.05, 0) is 29.8 Å². The Labute approximate surface area is 124 Å². The lowest BCUT2D eigenvalue weighted by molar-refractivity contribution is 0.121. The zero-order chi connectivity index (χ0) is 14.2. The zero-order valence-electron chi connectivity index (χ0n) is 10.8. The van der Waals surface area contributed by atoms with Crippen molar-refractivity contribution in [3.05, 3.63) is 70.7 Å². The van der Waals surface area contributed by atoms with Gasteiger partial charge in [-0.2, -0.15) is 0 Å². The van der Waals surface area contributed by atoms with Crippen LogP contribution in [0.1, 0.15) is 17.2 Å². The Morgan fingerprint density at radius 3 is 2.60 bits per heavy atom. The van der Waals surface area contributed by atoms with Crippen LogP contribution in [0.3, 0.4) is 0 Å². The molecule has 0 aromatic heterocycles. The predicted octanol–water partition coefficient (Wildman–Crippen LogP) is 4.08. The molecule has 0 spiro atoms. The highest BCUT2D eigenvalue weighted by atomic mass is 35.5. The van der Waals surface area contributed by atoms with Crippen LogP contribution in [-0.4, -0.2) is 6.61 Å². The maximum Gasteiger partial charge on any atom is 0.144 e. The standard InChI is InChI=1S/C18H13ClO/c1-2-18(16-11-6-12-17(19)14-16)20-13-7-10-15-8-4-3-5-9-15/h1,3-6,8-9,11-12,14,18H,13H2. The van der Waals surface area contributed by atoms with Crippen LogP contribution in [0, 0.1) is 24.2 Å². The first-order valence-corrected chi connectivity index (χ1v) is 6.54. The molecule has 0 aliphatic rings. The Morgan fingerprint density at radius 2 is 1.90 bits per heavy atom. The van der Waals surface area contributed by atoms with Crippen molar-refractivity contribution in [3.63, 3.8) is 0 Å². The molecule has 0 bridgehead atoms. The van der Waals surface area contributed by atoms with Crippen molar-refractivity contribution in [2.24, 2.45) is 0 Å². The molecule has 0 saturated heterocycles. The second-order valence-corrected chi connectivity index (χ2v) is 4.52. The third-order valence-electron chi connectivity index (χ3n) is 2.63. The van der Waals surface area contributed by atoms with Gasteiger partial charge >= 0.3 is 0 Å². The molecule has 0 radical (unpaired) electrons. The minimum Gasteiger partial charge on any atom is -0.348 e. The summed E-state index contributed by atoms with van der Waals surface area (Å²) in [5.41, 5.74) is 1.82. The minimum absolute atomic E-state index is 0.274. The Hall–Kier alpha value is -2.19. The fourth-order valence-corrected chi connectivity index (χ4v) is 1.89. The van der Waals surface area contributed by atoms with Gasteiger partial charge in [0.25, 0.3) is 0 Å². The average Bonchev–Trinajstić information content (AvgIpc) is 2.48. The Balaban J connectivity index is 1.96. The molecule has 0 fully saturated rings. The number of ether oxygens (including phenoxy) is 1. The number of halogens is 1. The molecule has 0 aliphatic carbocycles. The molecule has 0 heterocycles. The third kappa shape index (κ3) is 4.18. The highest BCUT2D eigenvalue weighted by molar-refractivity contribution is 6.30. The van der Waals surface area contributed by atoms with Crippen LogP contribution in [0.5, 0.6) is 0 Å². The Morgan fingerprint density at radius 1 is 1.10 bits per heavy atom. The summed E-state index contributed by atoms with van der Waals surface area (Å²) in [6, 6.07) is 17.1. The quantitative estimate of drug-likeness (QED) is 0.770. The molecule has 2 aromatic rings. The topological polar surface area (TPSA) is 9.23 Å². The summed E-state index contributed by atoms with van der Waals surface area (Å²) in [7, 11) is 0. The molecule has 0 aliphatic heterocycles. The van der Waals surface area contributed by atoms with E-state index in [4.69, 9.17) is 22.8 Å². The van der Waals surface area contributed by atoms with Gasteiger partial charge in [-0.15, -0.1) is 6.42 Å². The number of hydrogen-bond donors (Lipinski definition) is 0. The number of rotatable bonds is 3. The van der Waals surface area contributed by atoms with Crippen LogP contribution >= 0.6 is 11.6 Å². The van der Waals surface area contributed by atoms with Crippen LogP contribution in [0.2, 0.25) is 5.02 Å². The molecule has 0 amide bonds. The smallest absolute Gasteiger partial charge is 0.144 e. The van der Waals surface area contributed by atoms with Crippen LogP contribution < -0.4 is 0 Å². The monoisotopic (exact) mass is 280 g/mol. The van der Waals surface area contributed by atoms with Crippen molar-refractivity contribution in [2.75, 3.05) is 6.61 Å². The van der Waals surface area contributed by atoms with E-state index in [-0.39, 0.29) is 6.61 Å². The van der Waals surface area contributed by atoms with E-state index in [1.54, 1.807) is 12.1 Å². The molecule has 0 saturated carbocycles. The SMILES string of the molecule is C#CC(OCC#Cc1ccccc1)c1cccc(Cl)c1. The average molecular weight is 281 g/mol. The molecule has 0 N–H and O–H groups in total. The number of benzene rings is 2. The summed E-state index contributed by atoms with van der Waals surface area (Å²) < 4.78 is 5.59. The molecule has 2 rings (SSSR count). The van der Waals surface area contributed by atoms with Gasteiger partial charge in [-0.3, -0.25) is 0 Å². The first kappa shape index (κ1) is 14.2. The summed E-state index contributed by atoms with van der Waals surface area (Å²) >= 11 is 5.94. The van der Waals surface area contributed by atoms with Gasteiger partial charge < -0.3 is 4.74 Å². The Kier molecular flexibility index (Phi) is 5.27. The zero-order valence-corrected chi connectivity index (χ0v) is 11.6. The maximum atomic E-state index is 5.94. The van der Waals surface area contributed by atoms with E-state index in [1.165, 1.54) is 0 Å².